The number of hydrogen-bond acceptors (Lipinski definition) is 6. The van der Waals surface area contributed by atoms with Gasteiger partial charge in [-0.15, -0.1) is 0 Å². The van der Waals surface area contributed by atoms with Crippen LogP contribution in [0.1, 0.15) is 18.1 Å². The van der Waals surface area contributed by atoms with Gasteiger partial charge >= 0.3 is 6.16 Å². The molecule has 1 aliphatic heterocycles. The zero-order valence-electron chi connectivity index (χ0n) is 13.2. The van der Waals surface area contributed by atoms with E-state index in [4.69, 9.17) is 9.47 Å². The van der Waals surface area contributed by atoms with Crippen LogP contribution in [0.4, 0.5) is 4.79 Å². The quantitative estimate of drug-likeness (QED) is 0.591. The minimum absolute atomic E-state index is 0.236. The molecule has 0 N–H and O–H groups in total. The molecule has 0 saturated heterocycles. The molecule has 1 atom stereocenters. The largest absolute Gasteiger partial charge is 0.508 e. The van der Waals surface area contributed by atoms with Crippen molar-refractivity contribution in [1.29, 1.82) is 0 Å². The second-order valence-corrected chi connectivity index (χ2v) is 5.87. The Bertz CT molecular complexity index is 519. The molecule has 1 heterocycles. The Morgan fingerprint density at radius 2 is 1.95 bits per heavy atom. The molecule has 120 valence electrons. The molecule has 22 heavy (non-hydrogen) atoms. The molecule has 1 unspecified atom stereocenters. The van der Waals surface area contributed by atoms with Crippen molar-refractivity contribution >= 4 is 18.1 Å². The van der Waals surface area contributed by atoms with E-state index in [9.17, 15) is 4.79 Å². The molecule has 1 aromatic rings. The van der Waals surface area contributed by atoms with E-state index in [1.54, 1.807) is 11.9 Å². The zero-order chi connectivity index (χ0) is 15.9. The van der Waals surface area contributed by atoms with Crippen LogP contribution >= 0.6 is 11.9 Å². The molecular weight excluding hydrogens is 300 g/mol. The van der Waals surface area contributed by atoms with Gasteiger partial charge in [0.1, 0.15) is 19.4 Å². The van der Waals surface area contributed by atoms with E-state index in [0.29, 0.717) is 13.2 Å². The molecule has 0 saturated carbocycles. The minimum Gasteiger partial charge on any atom is -0.432 e. The van der Waals surface area contributed by atoms with Crippen molar-refractivity contribution < 1.29 is 14.3 Å². The Labute approximate surface area is 136 Å². The van der Waals surface area contributed by atoms with Crippen LogP contribution in [0.15, 0.2) is 36.7 Å². The number of carbonyl (C=O) groups is 1. The standard InChI is InChI=1S/C16H22N2O3S/c1-13-4-6-15(7-5-13)12-21-16(19)20-11-10-17-8-9-18(22-3)14(17)2/h4-9,14H,10-12H2,1-3H3. The van der Waals surface area contributed by atoms with E-state index in [1.807, 2.05) is 49.8 Å². The SMILES string of the molecule is CSN1C=CN(CCOC(=O)OCc2ccc(C)cc2)C1C. The van der Waals surface area contributed by atoms with Gasteiger partial charge < -0.3 is 18.7 Å². The van der Waals surface area contributed by atoms with Gasteiger partial charge in [-0.05, 0) is 19.4 Å². The van der Waals surface area contributed by atoms with Crippen LogP contribution in [-0.4, -0.2) is 40.9 Å². The maximum Gasteiger partial charge on any atom is 0.508 e. The van der Waals surface area contributed by atoms with Crippen molar-refractivity contribution in [1.82, 2.24) is 9.21 Å². The molecule has 1 aliphatic rings. The lowest BCUT2D eigenvalue weighted by Gasteiger charge is -2.27. The monoisotopic (exact) mass is 322 g/mol. The minimum atomic E-state index is -0.627. The van der Waals surface area contributed by atoms with E-state index in [1.165, 1.54) is 5.56 Å². The molecule has 1 aromatic carbocycles. The van der Waals surface area contributed by atoms with Gasteiger partial charge in [-0.3, -0.25) is 0 Å². The summed E-state index contributed by atoms with van der Waals surface area (Å²) in [5, 5.41) is 0. The third-order valence-corrected chi connectivity index (χ3v) is 4.36. The number of rotatable bonds is 6. The molecule has 0 fully saturated rings. The van der Waals surface area contributed by atoms with Gasteiger partial charge in [-0.2, -0.15) is 0 Å². The van der Waals surface area contributed by atoms with Crippen LogP contribution < -0.4 is 0 Å². The first-order chi connectivity index (χ1) is 10.6. The van der Waals surface area contributed by atoms with E-state index in [2.05, 4.69) is 16.1 Å². The summed E-state index contributed by atoms with van der Waals surface area (Å²) in [5.41, 5.74) is 2.13. The van der Waals surface area contributed by atoms with Gasteiger partial charge in [-0.25, -0.2) is 4.79 Å². The molecule has 0 bridgehead atoms. The zero-order valence-corrected chi connectivity index (χ0v) is 14.0. The average Bonchev–Trinajstić information content (AvgIpc) is 2.87. The Hall–Kier alpha value is -1.82. The van der Waals surface area contributed by atoms with Crippen molar-refractivity contribution in [2.75, 3.05) is 19.4 Å². The highest BCUT2D eigenvalue weighted by Crippen LogP contribution is 2.21. The van der Waals surface area contributed by atoms with Gasteiger partial charge in [0, 0.05) is 18.7 Å². The number of benzene rings is 1. The van der Waals surface area contributed by atoms with Crippen molar-refractivity contribution in [2.45, 2.75) is 26.6 Å². The molecule has 0 radical (unpaired) electrons. The summed E-state index contributed by atoms with van der Waals surface area (Å²) in [6, 6.07) is 7.86. The number of carbonyl (C=O) groups excluding carboxylic acids is 1. The maximum absolute atomic E-state index is 11.6. The highest BCUT2D eigenvalue weighted by Gasteiger charge is 2.21. The Morgan fingerprint density at radius 1 is 1.23 bits per heavy atom. The van der Waals surface area contributed by atoms with Crippen LogP contribution in [-0.2, 0) is 16.1 Å². The van der Waals surface area contributed by atoms with Crippen molar-refractivity contribution in [3.63, 3.8) is 0 Å². The Morgan fingerprint density at radius 3 is 2.59 bits per heavy atom. The molecule has 0 amide bonds. The van der Waals surface area contributed by atoms with E-state index < -0.39 is 6.16 Å². The van der Waals surface area contributed by atoms with Crippen LogP contribution in [0.2, 0.25) is 0 Å². The van der Waals surface area contributed by atoms with Crippen molar-refractivity contribution in [3.8, 4) is 0 Å². The smallest absolute Gasteiger partial charge is 0.432 e. The van der Waals surface area contributed by atoms with E-state index >= 15 is 0 Å². The van der Waals surface area contributed by atoms with Crippen LogP contribution in [0.25, 0.3) is 0 Å². The maximum atomic E-state index is 11.6. The fourth-order valence-electron chi connectivity index (χ4n) is 2.12. The van der Waals surface area contributed by atoms with Gasteiger partial charge in [0.2, 0.25) is 0 Å². The Kier molecular flexibility index (Phi) is 6.00. The molecule has 0 aromatic heterocycles. The van der Waals surface area contributed by atoms with Crippen molar-refractivity contribution in [2.24, 2.45) is 0 Å². The summed E-state index contributed by atoms with van der Waals surface area (Å²) < 4.78 is 12.3. The highest BCUT2D eigenvalue weighted by atomic mass is 32.2. The Balaban J connectivity index is 1.64. The third-order valence-electron chi connectivity index (χ3n) is 3.51. The van der Waals surface area contributed by atoms with Gasteiger partial charge in [0.15, 0.2) is 0 Å². The fourth-order valence-corrected chi connectivity index (χ4v) is 2.73. The van der Waals surface area contributed by atoms with E-state index in [0.717, 1.165) is 5.56 Å². The lowest BCUT2D eigenvalue weighted by atomic mass is 10.2. The molecular formula is C16H22N2O3S. The number of nitrogens with zero attached hydrogens (tertiary/aromatic N) is 2. The van der Waals surface area contributed by atoms with Crippen LogP contribution in [0.5, 0.6) is 0 Å². The predicted octanol–water partition coefficient (Wildman–Crippen LogP) is 3.36. The predicted molar refractivity (Wildman–Crippen MR) is 88.0 cm³/mol. The van der Waals surface area contributed by atoms with Gasteiger partial charge in [-0.1, -0.05) is 41.8 Å². The first-order valence-electron chi connectivity index (χ1n) is 7.22. The fraction of sp³-hybridized carbons (Fsp3) is 0.438. The molecule has 2 rings (SSSR count). The average molecular weight is 322 g/mol. The lowest BCUT2D eigenvalue weighted by Crippen LogP contribution is -2.34. The number of hydrogen-bond donors (Lipinski definition) is 0. The molecule has 0 aliphatic carbocycles. The summed E-state index contributed by atoms with van der Waals surface area (Å²) in [4.78, 5) is 13.7. The molecule has 5 nitrogen and oxygen atoms in total. The summed E-state index contributed by atoms with van der Waals surface area (Å²) in [5.74, 6) is 0. The summed E-state index contributed by atoms with van der Waals surface area (Å²) in [7, 11) is 0. The normalized spacial score (nSPS) is 17.0. The van der Waals surface area contributed by atoms with Crippen molar-refractivity contribution in [3.05, 3.63) is 47.8 Å². The summed E-state index contributed by atoms with van der Waals surface area (Å²) in [6.07, 6.45) is 5.69. The number of ether oxygens (including phenoxy) is 2. The summed E-state index contributed by atoms with van der Waals surface area (Å²) in [6.45, 7) is 5.31. The van der Waals surface area contributed by atoms with Gasteiger partial charge in [0.25, 0.3) is 0 Å². The van der Waals surface area contributed by atoms with Gasteiger partial charge in [0.05, 0.1) is 6.54 Å². The van der Waals surface area contributed by atoms with E-state index in [-0.39, 0.29) is 12.8 Å². The second kappa shape index (κ2) is 7.98. The first kappa shape index (κ1) is 16.5. The second-order valence-electron chi connectivity index (χ2n) is 5.08. The molecule has 6 heteroatoms. The lowest BCUT2D eigenvalue weighted by molar-refractivity contribution is 0.0431. The first-order valence-corrected chi connectivity index (χ1v) is 8.40. The topological polar surface area (TPSA) is 42.0 Å². The third kappa shape index (κ3) is 4.59. The number of aryl methyl sites for hydroxylation is 1. The van der Waals surface area contributed by atoms with Crippen LogP contribution in [0.3, 0.4) is 0 Å². The van der Waals surface area contributed by atoms with Crippen LogP contribution in [0, 0.1) is 6.92 Å². The summed E-state index contributed by atoms with van der Waals surface area (Å²) >= 11 is 1.66. The molecule has 0 spiro atoms. The highest BCUT2D eigenvalue weighted by molar-refractivity contribution is 7.96.